The lowest BCUT2D eigenvalue weighted by Gasteiger charge is -2.16. The number of nitriles is 1. The molecule has 0 saturated heterocycles. The molecule has 7 nitrogen and oxygen atoms in total. The average molecular weight is 450 g/mol. The third-order valence-electron chi connectivity index (χ3n) is 5.24. The number of aromatic nitrogens is 1. The summed E-state index contributed by atoms with van der Waals surface area (Å²) in [5, 5.41) is 13.1. The summed E-state index contributed by atoms with van der Waals surface area (Å²) in [6.07, 6.45) is -3.77. The van der Waals surface area contributed by atoms with Gasteiger partial charge in [-0.3, -0.25) is 14.4 Å². The number of nitrogens with zero attached hydrogens (tertiary/aromatic N) is 2. The Labute approximate surface area is 180 Å². The van der Waals surface area contributed by atoms with Crippen LogP contribution in [-0.2, 0) is 17.8 Å². The lowest BCUT2D eigenvalue weighted by Crippen LogP contribution is -2.46. The average Bonchev–Trinajstić information content (AvgIpc) is 3.27. The summed E-state index contributed by atoms with van der Waals surface area (Å²) < 4.78 is 53.3. The molecule has 0 saturated carbocycles. The summed E-state index contributed by atoms with van der Waals surface area (Å²) in [6, 6.07) is 2.87. The number of hydrogen-bond donors (Lipinski definition) is 2. The van der Waals surface area contributed by atoms with Crippen molar-refractivity contribution in [2.45, 2.75) is 45.5 Å². The number of Topliss-reactive ketones (excluding diaryl/α,β-unsaturated/α-hetero) is 1. The van der Waals surface area contributed by atoms with E-state index < -0.39 is 35.6 Å². The smallest absolute Gasteiger partial charge is 0.340 e. The van der Waals surface area contributed by atoms with Crippen molar-refractivity contribution < 1.29 is 31.9 Å². The Morgan fingerprint density at radius 3 is 2.56 bits per heavy atom. The van der Waals surface area contributed by atoms with Crippen LogP contribution in [0.4, 0.5) is 23.2 Å². The third kappa shape index (κ3) is 4.21. The standard InChI is InChI=1S/C21H18F4N4O3/c1-10-16(18(30)20(32)27-11(2)21(23,24)25)15-4-3-7-29(15)17(10)19(31)28-13-5-6-14(22)12(8-13)9-26/h5-6,8,11H,3-4,7H2,1-2H3,(H,27,32)(H,28,31)/t11-/m1/s1. The Kier molecular flexibility index (Phi) is 6.07. The fraction of sp³-hybridized carbons (Fsp3) is 0.333. The number of fused-ring (bicyclic) bond motifs is 1. The Morgan fingerprint density at radius 2 is 1.94 bits per heavy atom. The monoisotopic (exact) mass is 450 g/mol. The van der Waals surface area contributed by atoms with E-state index in [1.807, 2.05) is 0 Å². The van der Waals surface area contributed by atoms with E-state index in [1.54, 1.807) is 16.0 Å². The van der Waals surface area contributed by atoms with Crippen molar-refractivity contribution in [1.29, 1.82) is 5.26 Å². The second-order valence-corrected chi connectivity index (χ2v) is 7.38. The minimum absolute atomic E-state index is 0.0698. The molecular formula is C21H18F4N4O3. The lowest BCUT2D eigenvalue weighted by atomic mass is 10.0. The van der Waals surface area contributed by atoms with Crippen LogP contribution >= 0.6 is 0 Å². The van der Waals surface area contributed by atoms with Gasteiger partial charge >= 0.3 is 6.18 Å². The van der Waals surface area contributed by atoms with Gasteiger partial charge in [0.2, 0.25) is 0 Å². The fourth-order valence-corrected chi connectivity index (χ4v) is 3.65. The summed E-state index contributed by atoms with van der Waals surface area (Å²) in [5.41, 5.74) is 0.386. The number of ketones is 1. The third-order valence-corrected chi connectivity index (χ3v) is 5.24. The minimum atomic E-state index is -4.71. The predicted molar refractivity (Wildman–Crippen MR) is 105 cm³/mol. The van der Waals surface area contributed by atoms with E-state index in [-0.39, 0.29) is 28.1 Å². The molecule has 2 heterocycles. The largest absolute Gasteiger partial charge is 0.408 e. The first-order valence-electron chi connectivity index (χ1n) is 9.60. The van der Waals surface area contributed by atoms with E-state index in [0.717, 1.165) is 19.1 Å². The van der Waals surface area contributed by atoms with Crippen molar-refractivity contribution in [1.82, 2.24) is 9.88 Å². The molecule has 2 amide bonds. The summed E-state index contributed by atoms with van der Waals surface area (Å²) in [4.78, 5) is 37.8. The number of alkyl halides is 3. The van der Waals surface area contributed by atoms with E-state index in [4.69, 9.17) is 5.26 Å². The highest BCUT2D eigenvalue weighted by molar-refractivity contribution is 6.43. The molecule has 1 aromatic carbocycles. The molecular weight excluding hydrogens is 432 g/mol. The molecule has 1 atom stereocenters. The molecule has 11 heteroatoms. The zero-order chi connectivity index (χ0) is 23.8. The van der Waals surface area contributed by atoms with Gasteiger partial charge in [-0.25, -0.2) is 4.39 Å². The topological polar surface area (TPSA) is 104 Å². The molecule has 0 aliphatic carbocycles. The Bertz CT molecular complexity index is 1160. The van der Waals surface area contributed by atoms with E-state index >= 15 is 0 Å². The molecule has 0 unspecified atom stereocenters. The maximum absolute atomic E-state index is 13.5. The quantitative estimate of drug-likeness (QED) is 0.415. The number of benzene rings is 1. The second kappa shape index (κ2) is 8.45. The fourth-order valence-electron chi connectivity index (χ4n) is 3.65. The van der Waals surface area contributed by atoms with Crippen molar-refractivity contribution in [2.75, 3.05) is 5.32 Å². The van der Waals surface area contributed by atoms with Crippen LogP contribution in [0.15, 0.2) is 18.2 Å². The number of nitrogens with one attached hydrogen (secondary N) is 2. The van der Waals surface area contributed by atoms with Crippen LogP contribution in [0.2, 0.25) is 0 Å². The molecule has 1 aliphatic rings. The van der Waals surface area contributed by atoms with E-state index in [1.165, 1.54) is 13.0 Å². The number of carbonyl (C=O) groups excluding carboxylic acids is 3. The van der Waals surface area contributed by atoms with Crippen LogP contribution < -0.4 is 10.6 Å². The van der Waals surface area contributed by atoms with E-state index in [9.17, 15) is 31.9 Å². The van der Waals surface area contributed by atoms with Crippen LogP contribution in [-0.4, -0.2) is 34.4 Å². The second-order valence-electron chi connectivity index (χ2n) is 7.38. The van der Waals surface area contributed by atoms with Crippen molar-refractivity contribution in [2.24, 2.45) is 0 Å². The highest BCUT2D eigenvalue weighted by atomic mass is 19.4. The molecule has 0 spiro atoms. The van der Waals surface area contributed by atoms with E-state index in [2.05, 4.69) is 5.32 Å². The van der Waals surface area contributed by atoms with Crippen LogP contribution in [0.3, 0.4) is 0 Å². The van der Waals surface area contributed by atoms with Gasteiger partial charge in [0.15, 0.2) is 0 Å². The maximum atomic E-state index is 13.5. The summed E-state index contributed by atoms with van der Waals surface area (Å²) in [6.45, 7) is 2.53. The number of hydrogen-bond acceptors (Lipinski definition) is 4. The highest BCUT2D eigenvalue weighted by Crippen LogP contribution is 2.30. The number of anilines is 1. The van der Waals surface area contributed by atoms with Crippen molar-refractivity contribution in [3.8, 4) is 6.07 Å². The van der Waals surface area contributed by atoms with Gasteiger partial charge in [-0.15, -0.1) is 0 Å². The molecule has 2 aromatic rings. The van der Waals surface area contributed by atoms with Gasteiger partial charge in [-0.1, -0.05) is 0 Å². The number of amides is 2. The number of rotatable bonds is 5. The van der Waals surface area contributed by atoms with Gasteiger partial charge < -0.3 is 15.2 Å². The van der Waals surface area contributed by atoms with Crippen LogP contribution in [0, 0.1) is 24.1 Å². The van der Waals surface area contributed by atoms with Gasteiger partial charge in [-0.05, 0) is 50.5 Å². The summed E-state index contributed by atoms with van der Waals surface area (Å²) >= 11 is 0. The normalized spacial score (nSPS) is 13.8. The highest BCUT2D eigenvalue weighted by Gasteiger charge is 2.39. The van der Waals surface area contributed by atoms with Gasteiger partial charge in [0, 0.05) is 17.9 Å². The lowest BCUT2D eigenvalue weighted by molar-refractivity contribution is -0.156. The first-order chi connectivity index (χ1) is 15.0. The molecule has 1 aromatic heterocycles. The van der Waals surface area contributed by atoms with Crippen LogP contribution in [0.5, 0.6) is 0 Å². The van der Waals surface area contributed by atoms with Crippen LogP contribution in [0.25, 0.3) is 0 Å². The van der Waals surface area contributed by atoms with Crippen molar-refractivity contribution in [3.05, 3.63) is 52.1 Å². The van der Waals surface area contributed by atoms with Gasteiger partial charge in [-0.2, -0.15) is 18.4 Å². The molecule has 1 aliphatic heterocycles. The molecule has 0 bridgehead atoms. The molecule has 32 heavy (non-hydrogen) atoms. The summed E-state index contributed by atoms with van der Waals surface area (Å²) in [7, 11) is 0. The zero-order valence-corrected chi connectivity index (χ0v) is 17.1. The predicted octanol–water partition coefficient (Wildman–Crippen LogP) is 3.26. The minimum Gasteiger partial charge on any atom is -0.340 e. The van der Waals surface area contributed by atoms with Crippen LogP contribution in [0.1, 0.15) is 51.0 Å². The molecule has 2 N–H and O–H groups in total. The van der Waals surface area contributed by atoms with Crippen molar-refractivity contribution >= 4 is 23.3 Å². The first kappa shape index (κ1) is 23.0. The Morgan fingerprint density at radius 1 is 1.25 bits per heavy atom. The Hall–Kier alpha value is -3.68. The molecule has 3 rings (SSSR count). The maximum Gasteiger partial charge on any atom is 0.408 e. The number of halogens is 4. The van der Waals surface area contributed by atoms with E-state index in [0.29, 0.717) is 25.1 Å². The Balaban J connectivity index is 1.92. The van der Waals surface area contributed by atoms with Gasteiger partial charge in [0.05, 0.1) is 11.1 Å². The SMILES string of the molecule is Cc1c(C(=O)C(=O)N[C@H](C)C(F)(F)F)c2n(c1C(=O)Nc1ccc(F)c(C#N)c1)CCC2. The number of carbonyl (C=O) groups is 3. The van der Waals surface area contributed by atoms with Gasteiger partial charge in [0.25, 0.3) is 17.6 Å². The molecule has 168 valence electrons. The summed E-state index contributed by atoms with van der Waals surface area (Å²) in [5.74, 6) is -3.99. The van der Waals surface area contributed by atoms with Gasteiger partial charge in [0.1, 0.15) is 23.6 Å². The first-order valence-corrected chi connectivity index (χ1v) is 9.60. The zero-order valence-electron chi connectivity index (χ0n) is 17.1. The van der Waals surface area contributed by atoms with Crippen molar-refractivity contribution in [3.63, 3.8) is 0 Å². The molecule has 0 fully saturated rings. The molecule has 0 radical (unpaired) electrons.